The Hall–Kier alpha value is -6.36. The molecule has 2 heterocycles. The van der Waals surface area contributed by atoms with Gasteiger partial charge in [0.2, 0.25) is 0 Å². The Morgan fingerprint density at radius 1 is 0.708 bits per heavy atom. The van der Waals surface area contributed by atoms with E-state index in [0.29, 0.717) is 11.1 Å². The smallest absolute Gasteiger partial charge is 0.0998 e. The van der Waals surface area contributed by atoms with Crippen molar-refractivity contribution in [3.63, 3.8) is 0 Å². The molecule has 0 atom stereocenters. The average molecular weight is 617 g/mol. The lowest BCUT2D eigenvalue weighted by atomic mass is 9.92. The molecule has 0 fully saturated rings. The second-order valence-corrected chi connectivity index (χ2v) is 12.3. The number of nitrogens with zero attached hydrogens (tertiary/aromatic N) is 4. The topological polar surface area (TPSA) is 57.4 Å². The molecule has 4 nitrogen and oxygen atoms in total. The fourth-order valence-corrected chi connectivity index (χ4v) is 7.47. The van der Waals surface area contributed by atoms with Crippen LogP contribution in [-0.2, 0) is 6.42 Å². The molecule has 5 aromatic carbocycles. The number of nitriles is 2. The Balaban J connectivity index is 1.35. The minimum Gasteiger partial charge on any atom is -0.310 e. The monoisotopic (exact) mass is 616 g/mol. The Morgan fingerprint density at radius 2 is 1.46 bits per heavy atom. The van der Waals surface area contributed by atoms with Crippen molar-refractivity contribution < 1.29 is 0 Å². The molecule has 7 aromatic rings. The van der Waals surface area contributed by atoms with Gasteiger partial charge in [0, 0.05) is 39.0 Å². The Morgan fingerprint density at radius 3 is 2.25 bits per heavy atom. The minimum atomic E-state index is 0.584. The Labute approximate surface area is 280 Å². The van der Waals surface area contributed by atoms with Gasteiger partial charge in [-0.15, -0.1) is 0 Å². The van der Waals surface area contributed by atoms with Crippen molar-refractivity contribution in [1.82, 2.24) is 9.13 Å². The average Bonchev–Trinajstić information content (AvgIpc) is 3.62. The zero-order valence-electron chi connectivity index (χ0n) is 26.9. The summed E-state index contributed by atoms with van der Waals surface area (Å²) in [6.45, 7) is 4.21. The molecule has 0 amide bonds. The van der Waals surface area contributed by atoms with Gasteiger partial charge < -0.3 is 9.13 Å². The summed E-state index contributed by atoms with van der Waals surface area (Å²) >= 11 is 0. The molecule has 0 aliphatic heterocycles. The standard InChI is InChI=1S/C44H32N4/c1-3-12-39-29(2)35-16-4-7-19-40(35)47(39)34-15-10-13-30(25-34)38-26-31(23-24-32(38)27-45)44-33(28-46)14-11-22-43(44)48-41-20-8-5-17-36(41)37-18-6-9-21-42(37)48/h3-5,7-17,19-26H,6,18H2,1-2H3/b12-3-. The van der Waals surface area contributed by atoms with E-state index >= 15 is 0 Å². The van der Waals surface area contributed by atoms with E-state index in [2.05, 4.69) is 137 Å². The van der Waals surface area contributed by atoms with Crippen molar-refractivity contribution in [2.75, 3.05) is 0 Å². The molecular weight excluding hydrogens is 585 g/mol. The number of hydrogen-bond acceptors (Lipinski definition) is 2. The summed E-state index contributed by atoms with van der Waals surface area (Å²) in [5.74, 6) is 0. The van der Waals surface area contributed by atoms with Gasteiger partial charge in [-0.2, -0.15) is 10.5 Å². The highest BCUT2D eigenvalue weighted by Gasteiger charge is 2.22. The highest BCUT2D eigenvalue weighted by atomic mass is 15.0. The quantitative estimate of drug-likeness (QED) is 0.193. The van der Waals surface area contributed by atoms with E-state index in [4.69, 9.17) is 0 Å². The van der Waals surface area contributed by atoms with Gasteiger partial charge in [-0.25, -0.2) is 0 Å². The van der Waals surface area contributed by atoms with Crippen molar-refractivity contribution in [2.24, 2.45) is 0 Å². The first kappa shape index (κ1) is 29.1. The number of para-hydroxylation sites is 2. The summed E-state index contributed by atoms with van der Waals surface area (Å²) in [6, 6.07) is 42.2. The first-order valence-electron chi connectivity index (χ1n) is 16.3. The number of fused-ring (bicyclic) bond motifs is 4. The summed E-state index contributed by atoms with van der Waals surface area (Å²) in [5.41, 5.74) is 13.8. The van der Waals surface area contributed by atoms with Crippen molar-refractivity contribution in [3.8, 4) is 45.8 Å². The van der Waals surface area contributed by atoms with E-state index in [-0.39, 0.29) is 0 Å². The molecule has 8 rings (SSSR count). The van der Waals surface area contributed by atoms with Crippen LogP contribution in [0.15, 0.2) is 121 Å². The van der Waals surface area contributed by atoms with Crippen LogP contribution in [0.2, 0.25) is 0 Å². The fraction of sp³-hybridized carbons (Fsp3) is 0.0909. The lowest BCUT2D eigenvalue weighted by molar-refractivity contribution is 0.968. The molecule has 0 radical (unpaired) electrons. The number of rotatable bonds is 5. The van der Waals surface area contributed by atoms with E-state index < -0.39 is 0 Å². The number of hydrogen-bond donors (Lipinski definition) is 0. The first-order valence-corrected chi connectivity index (χ1v) is 16.3. The molecule has 0 spiro atoms. The van der Waals surface area contributed by atoms with Crippen LogP contribution in [0.4, 0.5) is 0 Å². The summed E-state index contributed by atoms with van der Waals surface area (Å²) in [6.07, 6.45) is 10.7. The van der Waals surface area contributed by atoms with E-state index in [1.165, 1.54) is 21.9 Å². The van der Waals surface area contributed by atoms with E-state index in [9.17, 15) is 10.5 Å². The molecule has 4 heteroatoms. The number of aromatic nitrogens is 2. The molecule has 0 saturated heterocycles. The Kier molecular flexibility index (Phi) is 7.13. The highest BCUT2D eigenvalue weighted by Crippen LogP contribution is 2.40. The van der Waals surface area contributed by atoms with Gasteiger partial charge in [-0.1, -0.05) is 72.8 Å². The van der Waals surface area contributed by atoms with Crippen LogP contribution < -0.4 is 0 Å². The van der Waals surface area contributed by atoms with Crippen molar-refractivity contribution in [3.05, 3.63) is 155 Å². The van der Waals surface area contributed by atoms with E-state index in [1.54, 1.807) is 0 Å². The molecular formula is C44H32N4. The normalized spacial score (nSPS) is 12.4. The van der Waals surface area contributed by atoms with Gasteiger partial charge in [0.15, 0.2) is 0 Å². The highest BCUT2D eigenvalue weighted by molar-refractivity contribution is 5.94. The van der Waals surface area contributed by atoms with Crippen LogP contribution in [0.25, 0.3) is 67.6 Å². The third kappa shape index (κ3) is 4.50. The van der Waals surface area contributed by atoms with Crippen LogP contribution in [0.3, 0.4) is 0 Å². The van der Waals surface area contributed by atoms with Gasteiger partial charge in [0.05, 0.1) is 40.0 Å². The van der Waals surface area contributed by atoms with Crippen molar-refractivity contribution in [2.45, 2.75) is 26.7 Å². The maximum Gasteiger partial charge on any atom is 0.0998 e. The van der Waals surface area contributed by atoms with E-state index in [0.717, 1.165) is 68.9 Å². The van der Waals surface area contributed by atoms with Crippen LogP contribution >= 0.6 is 0 Å². The summed E-state index contributed by atoms with van der Waals surface area (Å²) in [5, 5.41) is 23.2. The molecule has 0 N–H and O–H groups in total. The van der Waals surface area contributed by atoms with Gasteiger partial charge in [0.25, 0.3) is 0 Å². The summed E-state index contributed by atoms with van der Waals surface area (Å²) < 4.78 is 4.60. The second-order valence-electron chi connectivity index (χ2n) is 12.3. The van der Waals surface area contributed by atoms with Gasteiger partial charge in [0.1, 0.15) is 0 Å². The van der Waals surface area contributed by atoms with Gasteiger partial charge in [-0.3, -0.25) is 0 Å². The molecule has 0 unspecified atom stereocenters. The number of aryl methyl sites for hydroxylation is 2. The predicted octanol–water partition coefficient (Wildman–Crippen LogP) is 11.0. The van der Waals surface area contributed by atoms with Crippen LogP contribution in [-0.4, -0.2) is 9.13 Å². The lowest BCUT2D eigenvalue weighted by Gasteiger charge is -2.18. The lowest BCUT2D eigenvalue weighted by Crippen LogP contribution is -2.04. The zero-order chi connectivity index (χ0) is 32.8. The molecule has 2 aromatic heterocycles. The molecule has 1 aliphatic carbocycles. The summed E-state index contributed by atoms with van der Waals surface area (Å²) in [4.78, 5) is 0. The second kappa shape index (κ2) is 11.8. The maximum atomic E-state index is 10.4. The first-order chi connectivity index (χ1) is 23.6. The van der Waals surface area contributed by atoms with E-state index in [1.807, 2.05) is 31.2 Å². The van der Waals surface area contributed by atoms with Crippen molar-refractivity contribution >= 4 is 34.0 Å². The van der Waals surface area contributed by atoms with Crippen LogP contribution in [0.5, 0.6) is 0 Å². The maximum absolute atomic E-state index is 10.4. The molecule has 1 aliphatic rings. The third-order valence-corrected chi connectivity index (χ3v) is 9.60. The molecule has 0 bridgehead atoms. The van der Waals surface area contributed by atoms with Crippen LogP contribution in [0, 0.1) is 29.6 Å². The third-order valence-electron chi connectivity index (χ3n) is 9.60. The Bertz CT molecular complexity index is 2560. The largest absolute Gasteiger partial charge is 0.310 e. The minimum absolute atomic E-state index is 0.584. The fourth-order valence-electron chi connectivity index (χ4n) is 7.47. The van der Waals surface area contributed by atoms with Gasteiger partial charge >= 0.3 is 0 Å². The molecule has 228 valence electrons. The SMILES string of the molecule is C/C=C\c1c(C)c2ccccc2n1-c1cccc(-c2cc(-c3c(C#N)cccc3-n3c4c(c5ccccc53)CCC=C4)ccc2C#N)c1. The molecule has 0 saturated carbocycles. The number of benzene rings is 5. The van der Waals surface area contributed by atoms with Gasteiger partial charge in [-0.05, 0) is 110 Å². The van der Waals surface area contributed by atoms with Crippen LogP contribution in [0.1, 0.15) is 47.0 Å². The van der Waals surface area contributed by atoms with Crippen molar-refractivity contribution in [1.29, 1.82) is 10.5 Å². The number of allylic oxidation sites excluding steroid dienone is 2. The zero-order valence-corrected chi connectivity index (χ0v) is 26.9. The summed E-state index contributed by atoms with van der Waals surface area (Å²) in [7, 11) is 0. The molecule has 48 heavy (non-hydrogen) atoms. The predicted molar refractivity (Wildman–Crippen MR) is 197 cm³/mol.